The Morgan fingerprint density at radius 3 is 2.63 bits per heavy atom. The number of thiocarbonyl (C=S) groups is 1. The maximum Gasteiger partial charge on any atom is 0.273 e. The van der Waals surface area contributed by atoms with Crippen molar-refractivity contribution in [2.45, 2.75) is 12.3 Å². The number of rotatable bonds is 5. The molecule has 1 saturated carbocycles. The van der Waals surface area contributed by atoms with E-state index >= 15 is 0 Å². The quantitative estimate of drug-likeness (QED) is 0.412. The standard InChI is InChI=1S/C18H18N4O4S/c1-26-16-9-12(22(24)25)7-8-15(16)19-18(27)21-20-17(23)14-10-13(14)11-5-3-2-4-6-11/h2-9,13-14H,10H2,1H3,(H,20,23)(H2,19,21,27). The highest BCUT2D eigenvalue weighted by atomic mass is 32.1. The van der Waals surface area contributed by atoms with E-state index in [-0.39, 0.29) is 34.3 Å². The second kappa shape index (κ2) is 8.00. The molecule has 0 radical (unpaired) electrons. The van der Waals surface area contributed by atoms with Crippen LogP contribution in [0.15, 0.2) is 48.5 Å². The van der Waals surface area contributed by atoms with Crippen molar-refractivity contribution in [2.24, 2.45) is 5.92 Å². The number of carbonyl (C=O) groups is 1. The maximum atomic E-state index is 12.2. The molecule has 0 heterocycles. The van der Waals surface area contributed by atoms with Crippen LogP contribution in [0.25, 0.3) is 0 Å². The summed E-state index contributed by atoms with van der Waals surface area (Å²) < 4.78 is 5.13. The highest BCUT2D eigenvalue weighted by Crippen LogP contribution is 2.47. The number of ether oxygens (including phenoxy) is 1. The number of nitrogens with zero attached hydrogens (tertiary/aromatic N) is 1. The van der Waals surface area contributed by atoms with Gasteiger partial charge in [-0.05, 0) is 36.2 Å². The number of anilines is 1. The van der Waals surface area contributed by atoms with Crippen molar-refractivity contribution in [3.63, 3.8) is 0 Å². The SMILES string of the molecule is COc1cc([N+](=O)[O-])ccc1NC(=S)NNC(=O)C1CC1c1ccccc1. The predicted molar refractivity (Wildman–Crippen MR) is 104 cm³/mol. The monoisotopic (exact) mass is 386 g/mol. The third-order valence-electron chi connectivity index (χ3n) is 4.30. The van der Waals surface area contributed by atoms with Gasteiger partial charge in [-0.2, -0.15) is 0 Å². The third kappa shape index (κ3) is 4.50. The van der Waals surface area contributed by atoms with Gasteiger partial charge in [-0.15, -0.1) is 0 Å². The van der Waals surface area contributed by atoms with Crippen molar-refractivity contribution in [3.8, 4) is 5.75 Å². The normalized spacial score (nSPS) is 17.5. The smallest absolute Gasteiger partial charge is 0.273 e. The number of nitro groups is 1. The van der Waals surface area contributed by atoms with Gasteiger partial charge in [-0.25, -0.2) is 0 Å². The van der Waals surface area contributed by atoms with Crippen LogP contribution >= 0.6 is 12.2 Å². The number of non-ortho nitro benzene ring substituents is 1. The molecule has 27 heavy (non-hydrogen) atoms. The number of amides is 1. The Bertz CT molecular complexity index is 875. The minimum absolute atomic E-state index is 0.0865. The molecule has 9 heteroatoms. The van der Waals surface area contributed by atoms with E-state index in [1.165, 1.54) is 25.3 Å². The van der Waals surface area contributed by atoms with Crippen molar-refractivity contribution < 1.29 is 14.5 Å². The van der Waals surface area contributed by atoms with E-state index in [4.69, 9.17) is 17.0 Å². The highest BCUT2D eigenvalue weighted by Gasteiger charge is 2.43. The largest absolute Gasteiger partial charge is 0.494 e. The summed E-state index contributed by atoms with van der Waals surface area (Å²) in [5, 5.41) is 13.8. The first-order chi connectivity index (χ1) is 13.0. The molecule has 0 aromatic heterocycles. The molecule has 2 unspecified atom stereocenters. The molecule has 8 nitrogen and oxygen atoms in total. The van der Waals surface area contributed by atoms with E-state index in [1.807, 2.05) is 30.3 Å². The van der Waals surface area contributed by atoms with Gasteiger partial charge in [0.1, 0.15) is 5.75 Å². The zero-order valence-electron chi connectivity index (χ0n) is 14.5. The van der Waals surface area contributed by atoms with Crippen LogP contribution in [0.4, 0.5) is 11.4 Å². The number of hydrogen-bond acceptors (Lipinski definition) is 5. The lowest BCUT2D eigenvalue weighted by Crippen LogP contribution is -2.44. The van der Waals surface area contributed by atoms with Gasteiger partial charge in [-0.3, -0.25) is 25.8 Å². The Labute approximate surface area is 161 Å². The second-order valence-electron chi connectivity index (χ2n) is 6.07. The molecule has 1 fully saturated rings. The molecule has 2 atom stereocenters. The van der Waals surface area contributed by atoms with Crippen molar-refractivity contribution in [1.82, 2.24) is 10.9 Å². The Balaban J connectivity index is 1.52. The summed E-state index contributed by atoms with van der Waals surface area (Å²) >= 11 is 5.15. The number of nitro benzene ring substituents is 1. The van der Waals surface area contributed by atoms with Gasteiger partial charge in [0.15, 0.2) is 5.11 Å². The summed E-state index contributed by atoms with van der Waals surface area (Å²) in [4.78, 5) is 22.5. The number of hydrogen-bond donors (Lipinski definition) is 3. The third-order valence-corrected chi connectivity index (χ3v) is 4.50. The zero-order chi connectivity index (χ0) is 19.4. The van der Waals surface area contributed by atoms with E-state index in [0.29, 0.717) is 5.69 Å². The van der Waals surface area contributed by atoms with Crippen LogP contribution in [0.1, 0.15) is 17.9 Å². The summed E-state index contributed by atoms with van der Waals surface area (Å²) in [6, 6.07) is 14.0. The number of benzene rings is 2. The molecule has 1 aliphatic carbocycles. The fourth-order valence-corrected chi connectivity index (χ4v) is 2.98. The van der Waals surface area contributed by atoms with Crippen LogP contribution in [0.5, 0.6) is 5.75 Å². The first kappa shape index (κ1) is 18.6. The van der Waals surface area contributed by atoms with E-state index < -0.39 is 4.92 Å². The summed E-state index contributed by atoms with van der Waals surface area (Å²) in [7, 11) is 1.40. The van der Waals surface area contributed by atoms with Gasteiger partial charge in [0, 0.05) is 12.0 Å². The molecule has 1 amide bonds. The van der Waals surface area contributed by atoms with E-state index in [1.54, 1.807) is 0 Å². The molecule has 140 valence electrons. The fourth-order valence-electron chi connectivity index (χ4n) is 2.81. The van der Waals surface area contributed by atoms with Crippen LogP contribution in [0.3, 0.4) is 0 Å². The molecule has 1 aliphatic rings. The average Bonchev–Trinajstić information content (AvgIpc) is 3.48. The molecule has 3 rings (SSSR count). The van der Waals surface area contributed by atoms with Gasteiger partial charge in [0.25, 0.3) is 5.69 Å². The minimum atomic E-state index is -0.512. The van der Waals surface area contributed by atoms with Crippen molar-refractivity contribution >= 4 is 34.6 Å². The summed E-state index contributed by atoms with van der Waals surface area (Å²) in [5.41, 5.74) is 6.74. The second-order valence-corrected chi connectivity index (χ2v) is 6.48. The van der Waals surface area contributed by atoms with Crippen LogP contribution < -0.4 is 20.9 Å². The first-order valence-corrected chi connectivity index (χ1v) is 8.64. The van der Waals surface area contributed by atoms with Gasteiger partial charge in [-0.1, -0.05) is 30.3 Å². The van der Waals surface area contributed by atoms with Crippen molar-refractivity contribution in [2.75, 3.05) is 12.4 Å². The van der Waals surface area contributed by atoms with Gasteiger partial charge < -0.3 is 10.1 Å². The molecule has 2 aromatic rings. The molecular formula is C18H18N4O4S. The number of carbonyl (C=O) groups excluding carboxylic acids is 1. The summed E-state index contributed by atoms with van der Waals surface area (Å²) in [6.07, 6.45) is 0.799. The lowest BCUT2D eigenvalue weighted by molar-refractivity contribution is -0.384. The molecular weight excluding hydrogens is 368 g/mol. The lowest BCUT2D eigenvalue weighted by Gasteiger charge is -2.14. The molecule has 0 saturated heterocycles. The van der Waals surface area contributed by atoms with E-state index in [2.05, 4.69) is 16.2 Å². The van der Waals surface area contributed by atoms with Crippen molar-refractivity contribution in [1.29, 1.82) is 0 Å². The highest BCUT2D eigenvalue weighted by molar-refractivity contribution is 7.80. The Kier molecular flexibility index (Phi) is 5.51. The minimum Gasteiger partial charge on any atom is -0.494 e. The fraction of sp³-hybridized carbons (Fsp3) is 0.222. The van der Waals surface area contributed by atoms with Gasteiger partial charge >= 0.3 is 0 Å². The summed E-state index contributed by atoms with van der Waals surface area (Å²) in [6.45, 7) is 0. The molecule has 0 aliphatic heterocycles. The first-order valence-electron chi connectivity index (χ1n) is 8.24. The van der Waals surface area contributed by atoms with Crippen molar-refractivity contribution in [3.05, 3.63) is 64.2 Å². The topological polar surface area (TPSA) is 106 Å². The van der Waals surface area contributed by atoms with Crippen LogP contribution in [-0.2, 0) is 4.79 Å². The lowest BCUT2D eigenvalue weighted by atomic mass is 10.1. The van der Waals surface area contributed by atoms with Gasteiger partial charge in [0.05, 0.1) is 23.8 Å². The Morgan fingerprint density at radius 1 is 1.22 bits per heavy atom. The van der Waals surface area contributed by atoms with E-state index in [0.717, 1.165) is 12.0 Å². The number of hydrazine groups is 1. The Hall–Kier alpha value is -3.20. The average molecular weight is 386 g/mol. The summed E-state index contributed by atoms with van der Waals surface area (Å²) in [5.74, 6) is 0.274. The molecule has 0 bridgehead atoms. The molecule has 0 spiro atoms. The van der Waals surface area contributed by atoms with E-state index in [9.17, 15) is 14.9 Å². The van der Waals surface area contributed by atoms with Crippen LogP contribution in [0, 0.1) is 16.0 Å². The maximum absolute atomic E-state index is 12.2. The number of nitrogens with one attached hydrogen (secondary N) is 3. The molecule has 2 aromatic carbocycles. The van der Waals surface area contributed by atoms with Gasteiger partial charge in [0.2, 0.25) is 5.91 Å². The predicted octanol–water partition coefficient (Wildman–Crippen LogP) is 2.72. The number of methoxy groups -OCH3 is 1. The molecule has 3 N–H and O–H groups in total. The Morgan fingerprint density at radius 2 is 1.96 bits per heavy atom. The van der Waals surface area contributed by atoms with Crippen LogP contribution in [-0.4, -0.2) is 23.1 Å². The van der Waals surface area contributed by atoms with Crippen LogP contribution in [0.2, 0.25) is 0 Å². The zero-order valence-corrected chi connectivity index (χ0v) is 15.3.